The van der Waals surface area contributed by atoms with E-state index in [2.05, 4.69) is 29.8 Å². The lowest BCUT2D eigenvalue weighted by Gasteiger charge is -2.22. The first-order valence-electron chi connectivity index (χ1n) is 8.11. The molecule has 1 amide bonds. The van der Waals surface area contributed by atoms with Gasteiger partial charge in [-0.25, -0.2) is 0 Å². The molecule has 3 unspecified atom stereocenters. The first-order valence-corrected chi connectivity index (χ1v) is 8.11. The maximum Gasteiger partial charge on any atom is 0.251 e. The van der Waals surface area contributed by atoms with E-state index in [0.717, 1.165) is 42.4 Å². The van der Waals surface area contributed by atoms with Crippen LogP contribution < -0.4 is 16.0 Å². The third-order valence-electron chi connectivity index (χ3n) is 5.11. The molecule has 3 rings (SSSR count). The number of amides is 1. The molecule has 21 heavy (non-hydrogen) atoms. The topological polar surface area (TPSA) is 53.2 Å². The Balaban J connectivity index is 1.68. The van der Waals surface area contributed by atoms with E-state index in [-0.39, 0.29) is 5.91 Å². The van der Waals surface area contributed by atoms with Crippen molar-refractivity contribution >= 4 is 17.3 Å². The standard InChI is InChI=1S/C17H25N3O/c1-3-12-4-6-14(11(12)2)20-17(21)13-5-7-15-16(10-13)19-9-8-18-15/h5,7,10-12,14,18-19H,3-4,6,8-9H2,1-2H3,(H,20,21). The minimum Gasteiger partial charge on any atom is -0.382 e. The van der Waals surface area contributed by atoms with Crippen LogP contribution in [0.4, 0.5) is 11.4 Å². The summed E-state index contributed by atoms with van der Waals surface area (Å²) in [7, 11) is 0. The van der Waals surface area contributed by atoms with E-state index < -0.39 is 0 Å². The van der Waals surface area contributed by atoms with Gasteiger partial charge in [0.1, 0.15) is 0 Å². The first kappa shape index (κ1) is 14.2. The Morgan fingerprint density at radius 1 is 1.24 bits per heavy atom. The lowest BCUT2D eigenvalue weighted by atomic mass is 9.93. The molecule has 0 radical (unpaired) electrons. The van der Waals surface area contributed by atoms with E-state index in [1.807, 2.05) is 18.2 Å². The molecule has 1 heterocycles. The van der Waals surface area contributed by atoms with Crippen molar-refractivity contribution in [2.24, 2.45) is 11.8 Å². The Kier molecular flexibility index (Phi) is 4.04. The Hall–Kier alpha value is -1.71. The number of hydrogen-bond donors (Lipinski definition) is 3. The molecule has 1 aliphatic heterocycles. The lowest BCUT2D eigenvalue weighted by Crippen LogP contribution is -2.37. The summed E-state index contributed by atoms with van der Waals surface area (Å²) < 4.78 is 0. The van der Waals surface area contributed by atoms with Gasteiger partial charge in [-0.3, -0.25) is 4.79 Å². The molecular formula is C17H25N3O. The second-order valence-corrected chi connectivity index (χ2v) is 6.30. The Bertz CT molecular complexity index is 529. The van der Waals surface area contributed by atoms with Gasteiger partial charge in [-0.15, -0.1) is 0 Å². The van der Waals surface area contributed by atoms with E-state index in [4.69, 9.17) is 0 Å². The zero-order valence-corrected chi connectivity index (χ0v) is 12.9. The molecule has 4 nitrogen and oxygen atoms in total. The van der Waals surface area contributed by atoms with Crippen molar-refractivity contribution in [2.45, 2.75) is 39.2 Å². The fourth-order valence-corrected chi connectivity index (χ4v) is 3.66. The van der Waals surface area contributed by atoms with Crippen LogP contribution in [0, 0.1) is 11.8 Å². The van der Waals surface area contributed by atoms with Crippen molar-refractivity contribution < 1.29 is 4.79 Å². The number of hydrogen-bond acceptors (Lipinski definition) is 3. The quantitative estimate of drug-likeness (QED) is 0.801. The van der Waals surface area contributed by atoms with Crippen molar-refractivity contribution in [3.8, 4) is 0 Å². The van der Waals surface area contributed by atoms with Crippen LogP contribution in [0.5, 0.6) is 0 Å². The average molecular weight is 287 g/mol. The maximum absolute atomic E-state index is 12.5. The fraction of sp³-hybridized carbons (Fsp3) is 0.588. The largest absolute Gasteiger partial charge is 0.382 e. The van der Waals surface area contributed by atoms with Crippen LogP contribution in [-0.4, -0.2) is 25.0 Å². The van der Waals surface area contributed by atoms with Gasteiger partial charge in [0.05, 0.1) is 11.4 Å². The van der Waals surface area contributed by atoms with Crippen LogP contribution in [0.25, 0.3) is 0 Å². The summed E-state index contributed by atoms with van der Waals surface area (Å²) in [5.74, 6) is 1.39. The molecular weight excluding hydrogens is 262 g/mol. The zero-order chi connectivity index (χ0) is 14.8. The van der Waals surface area contributed by atoms with Crippen molar-refractivity contribution in [3.05, 3.63) is 23.8 Å². The molecule has 1 aromatic rings. The predicted octanol–water partition coefficient (Wildman–Crippen LogP) is 3.08. The summed E-state index contributed by atoms with van der Waals surface area (Å²) in [6, 6.07) is 6.17. The molecule has 3 atom stereocenters. The number of fused-ring (bicyclic) bond motifs is 1. The Labute approximate surface area is 126 Å². The van der Waals surface area contributed by atoms with Crippen molar-refractivity contribution in [1.82, 2.24) is 5.32 Å². The molecule has 4 heteroatoms. The van der Waals surface area contributed by atoms with Gasteiger partial charge >= 0.3 is 0 Å². The van der Waals surface area contributed by atoms with Crippen LogP contribution in [0.3, 0.4) is 0 Å². The first-order chi connectivity index (χ1) is 10.2. The van der Waals surface area contributed by atoms with Crippen LogP contribution in [0.1, 0.15) is 43.5 Å². The van der Waals surface area contributed by atoms with Gasteiger partial charge in [-0.1, -0.05) is 20.3 Å². The number of rotatable bonds is 3. The fourth-order valence-electron chi connectivity index (χ4n) is 3.66. The summed E-state index contributed by atoms with van der Waals surface area (Å²) in [5, 5.41) is 9.89. The maximum atomic E-state index is 12.5. The Morgan fingerprint density at radius 3 is 2.71 bits per heavy atom. The van der Waals surface area contributed by atoms with E-state index in [1.54, 1.807) is 0 Å². The summed E-state index contributed by atoms with van der Waals surface area (Å²) in [4.78, 5) is 12.5. The van der Waals surface area contributed by atoms with Crippen LogP contribution >= 0.6 is 0 Å². The van der Waals surface area contributed by atoms with Crippen LogP contribution in [0.2, 0.25) is 0 Å². The molecule has 0 aromatic heterocycles. The van der Waals surface area contributed by atoms with Crippen LogP contribution in [0.15, 0.2) is 18.2 Å². The van der Waals surface area contributed by atoms with Gasteiger partial charge < -0.3 is 16.0 Å². The highest BCUT2D eigenvalue weighted by molar-refractivity contribution is 5.96. The van der Waals surface area contributed by atoms with Gasteiger partial charge in [0.15, 0.2) is 0 Å². The lowest BCUT2D eigenvalue weighted by molar-refractivity contribution is 0.0926. The second kappa shape index (κ2) is 5.96. The summed E-state index contributed by atoms with van der Waals surface area (Å²) in [6.45, 7) is 6.34. The molecule has 0 saturated heterocycles. The molecule has 3 N–H and O–H groups in total. The number of nitrogens with one attached hydrogen (secondary N) is 3. The van der Waals surface area contributed by atoms with Gasteiger partial charge in [-0.05, 0) is 42.9 Å². The number of carbonyl (C=O) groups is 1. The highest BCUT2D eigenvalue weighted by Crippen LogP contribution is 2.34. The van der Waals surface area contributed by atoms with Gasteiger partial charge in [0.2, 0.25) is 0 Å². The highest BCUT2D eigenvalue weighted by Gasteiger charge is 2.32. The van der Waals surface area contributed by atoms with Crippen LogP contribution in [-0.2, 0) is 0 Å². The summed E-state index contributed by atoms with van der Waals surface area (Å²) in [6.07, 6.45) is 3.55. The van der Waals surface area contributed by atoms with Crippen molar-refractivity contribution in [3.63, 3.8) is 0 Å². The highest BCUT2D eigenvalue weighted by atomic mass is 16.1. The predicted molar refractivity (Wildman–Crippen MR) is 86.9 cm³/mol. The van der Waals surface area contributed by atoms with E-state index in [1.165, 1.54) is 12.8 Å². The minimum absolute atomic E-state index is 0.0544. The number of carbonyl (C=O) groups excluding carboxylic acids is 1. The van der Waals surface area contributed by atoms with E-state index >= 15 is 0 Å². The van der Waals surface area contributed by atoms with Gasteiger partial charge in [-0.2, -0.15) is 0 Å². The number of anilines is 2. The smallest absolute Gasteiger partial charge is 0.251 e. The average Bonchev–Trinajstić information content (AvgIpc) is 2.87. The molecule has 114 valence electrons. The normalized spacial score (nSPS) is 27.4. The molecule has 0 spiro atoms. The van der Waals surface area contributed by atoms with Gasteiger partial charge in [0, 0.05) is 24.7 Å². The molecule has 1 aromatic carbocycles. The number of benzene rings is 1. The molecule has 1 saturated carbocycles. The third-order valence-corrected chi connectivity index (χ3v) is 5.11. The molecule has 1 aliphatic carbocycles. The monoisotopic (exact) mass is 287 g/mol. The Morgan fingerprint density at radius 2 is 2.00 bits per heavy atom. The molecule has 1 fully saturated rings. The molecule has 0 bridgehead atoms. The summed E-state index contributed by atoms with van der Waals surface area (Å²) >= 11 is 0. The van der Waals surface area contributed by atoms with Crippen molar-refractivity contribution in [1.29, 1.82) is 0 Å². The zero-order valence-electron chi connectivity index (χ0n) is 12.9. The summed E-state index contributed by atoms with van der Waals surface area (Å²) in [5.41, 5.74) is 2.86. The molecule has 2 aliphatic rings. The van der Waals surface area contributed by atoms with E-state index in [0.29, 0.717) is 12.0 Å². The SMILES string of the molecule is CCC1CCC(NC(=O)c2ccc3c(c2)NCCN3)C1C. The van der Waals surface area contributed by atoms with E-state index in [9.17, 15) is 4.79 Å². The third kappa shape index (κ3) is 2.85. The minimum atomic E-state index is 0.0544. The second-order valence-electron chi connectivity index (χ2n) is 6.30. The van der Waals surface area contributed by atoms with Crippen molar-refractivity contribution in [2.75, 3.05) is 23.7 Å². The van der Waals surface area contributed by atoms with Gasteiger partial charge in [0.25, 0.3) is 5.91 Å².